The first kappa shape index (κ1) is 42.1. The topological polar surface area (TPSA) is 135 Å². The minimum Gasteiger partial charge on any atom is -0.508 e. The van der Waals surface area contributed by atoms with Crippen LogP contribution >= 0.6 is 34.8 Å². The minimum atomic E-state index is -1.62. The van der Waals surface area contributed by atoms with Crippen LogP contribution in [0.5, 0.6) is 23.0 Å². The van der Waals surface area contributed by atoms with Gasteiger partial charge in [0.15, 0.2) is 0 Å². The largest absolute Gasteiger partial charge is 0.508 e. The molecule has 5 aromatic rings. The van der Waals surface area contributed by atoms with E-state index in [1.165, 1.54) is 30.2 Å². The van der Waals surface area contributed by atoms with Crippen LogP contribution in [0.3, 0.4) is 0 Å². The van der Waals surface area contributed by atoms with Crippen LogP contribution in [0.25, 0.3) is 12.2 Å². The summed E-state index contributed by atoms with van der Waals surface area (Å²) in [6.45, 7) is 0. The summed E-state index contributed by atoms with van der Waals surface area (Å²) in [6, 6.07) is 28.8. The van der Waals surface area contributed by atoms with E-state index in [1.54, 1.807) is 68.8 Å². The molecule has 4 aliphatic rings. The highest BCUT2D eigenvalue weighted by atomic mass is 35.5. The molecule has 9 rings (SSSR count). The summed E-state index contributed by atoms with van der Waals surface area (Å²) in [4.78, 5) is 61.1. The number of nitrogens with one attached hydrogen (secondary N) is 1. The Hall–Kier alpha value is -6.27. The van der Waals surface area contributed by atoms with E-state index >= 15 is 9.59 Å². The zero-order valence-electron chi connectivity index (χ0n) is 34.2. The summed E-state index contributed by atoms with van der Waals surface area (Å²) < 4.78 is 16.4. The summed E-state index contributed by atoms with van der Waals surface area (Å²) in [5.41, 5.74) is 5.40. The van der Waals surface area contributed by atoms with Gasteiger partial charge in [0.25, 0.3) is 11.8 Å². The monoisotopic (exact) mass is 903 g/mol. The van der Waals surface area contributed by atoms with Crippen molar-refractivity contribution >= 4 is 82.0 Å². The average molecular weight is 905 g/mol. The van der Waals surface area contributed by atoms with Gasteiger partial charge in [-0.3, -0.25) is 29.5 Å². The van der Waals surface area contributed by atoms with Crippen molar-refractivity contribution in [3.63, 3.8) is 0 Å². The van der Waals surface area contributed by atoms with E-state index in [2.05, 4.69) is 5.43 Å². The van der Waals surface area contributed by atoms with Gasteiger partial charge in [0, 0.05) is 21.5 Å². The van der Waals surface area contributed by atoms with Gasteiger partial charge in [-0.05, 0) is 108 Å². The fraction of sp³-hybridized carbons (Fsp3) is 0.224. The molecule has 2 heterocycles. The summed E-state index contributed by atoms with van der Waals surface area (Å²) in [5, 5.41) is 12.2. The van der Waals surface area contributed by atoms with Crippen molar-refractivity contribution in [2.45, 2.75) is 24.2 Å². The highest BCUT2D eigenvalue weighted by Crippen LogP contribution is 2.65. The number of nitrogens with zero attached hydrogens (tertiary/aromatic N) is 2. The highest BCUT2D eigenvalue weighted by molar-refractivity contribution is 6.36. The van der Waals surface area contributed by atoms with Crippen LogP contribution in [0.1, 0.15) is 41.0 Å². The Labute approximate surface area is 378 Å². The van der Waals surface area contributed by atoms with Crippen LogP contribution in [0.4, 0.5) is 11.4 Å². The molecule has 0 radical (unpaired) electrons. The van der Waals surface area contributed by atoms with Crippen LogP contribution in [-0.2, 0) is 24.6 Å². The highest BCUT2D eigenvalue weighted by Gasteiger charge is 2.70. The molecule has 3 fully saturated rings. The van der Waals surface area contributed by atoms with Crippen LogP contribution in [-0.4, -0.2) is 55.1 Å². The Bertz CT molecular complexity index is 2760. The van der Waals surface area contributed by atoms with Gasteiger partial charge in [-0.25, -0.2) is 0 Å². The van der Waals surface area contributed by atoms with E-state index in [0.717, 1.165) is 16.1 Å². The quantitative estimate of drug-likeness (QED) is 0.0798. The third-order valence-electron chi connectivity index (χ3n) is 12.9. The van der Waals surface area contributed by atoms with Gasteiger partial charge in [-0.2, -0.15) is 5.01 Å². The number of hydrogen-bond acceptors (Lipinski definition) is 9. The lowest BCUT2D eigenvalue weighted by Gasteiger charge is -2.50. The fourth-order valence-corrected chi connectivity index (χ4v) is 10.8. The maximum absolute atomic E-state index is 15.5. The Balaban J connectivity index is 1.12. The number of carbonyl (C=O) groups excluding carboxylic acids is 4. The maximum atomic E-state index is 15.5. The first-order chi connectivity index (χ1) is 30.4. The second kappa shape index (κ2) is 16.5. The Morgan fingerprint density at radius 1 is 0.730 bits per heavy atom. The minimum absolute atomic E-state index is 0.0622. The number of phenols is 1. The van der Waals surface area contributed by atoms with E-state index in [-0.39, 0.29) is 40.2 Å². The number of hydrazine groups is 1. The van der Waals surface area contributed by atoms with Gasteiger partial charge >= 0.3 is 0 Å². The lowest BCUT2D eigenvalue weighted by molar-refractivity contribution is -0.138. The van der Waals surface area contributed by atoms with E-state index in [4.69, 9.17) is 49.0 Å². The smallest absolute Gasteiger partial charge is 0.260 e. The molecule has 0 aromatic heterocycles. The van der Waals surface area contributed by atoms with E-state index in [0.29, 0.717) is 44.7 Å². The second-order valence-corrected chi connectivity index (χ2v) is 17.2. The van der Waals surface area contributed by atoms with Crippen LogP contribution in [0.15, 0.2) is 115 Å². The number of methoxy groups -OCH3 is 3. The number of anilines is 2. The second-order valence-electron chi connectivity index (χ2n) is 16.0. The first-order valence-corrected chi connectivity index (χ1v) is 21.3. The van der Waals surface area contributed by atoms with Crippen molar-refractivity contribution in [1.82, 2.24) is 5.01 Å². The lowest BCUT2D eigenvalue weighted by atomic mass is 9.49. The number of phenolic OH excluding ortho intramolecular Hbond substituents is 1. The molecule has 14 heteroatoms. The molecular weight excluding hydrogens is 865 g/mol. The third-order valence-corrected chi connectivity index (χ3v) is 13.8. The molecule has 11 nitrogen and oxygen atoms in total. The van der Waals surface area contributed by atoms with Crippen LogP contribution in [0.2, 0.25) is 15.1 Å². The summed E-state index contributed by atoms with van der Waals surface area (Å²) in [7, 11) is 4.72. The Kier molecular flexibility index (Phi) is 11.0. The molecule has 2 saturated heterocycles. The van der Waals surface area contributed by atoms with Crippen LogP contribution in [0, 0.1) is 23.7 Å². The number of aromatic hydroxyl groups is 1. The number of halogens is 3. The lowest BCUT2D eigenvalue weighted by Crippen LogP contribution is -2.53. The number of fused-ring (bicyclic) bond motifs is 4. The van der Waals surface area contributed by atoms with Crippen molar-refractivity contribution in [2.75, 3.05) is 31.7 Å². The number of rotatable bonds is 10. The number of amides is 4. The van der Waals surface area contributed by atoms with Crippen molar-refractivity contribution in [3.8, 4) is 23.0 Å². The molecule has 2 N–H and O–H groups in total. The molecule has 5 aromatic carbocycles. The third kappa shape index (κ3) is 6.90. The molecule has 6 atom stereocenters. The molecule has 63 heavy (non-hydrogen) atoms. The Morgan fingerprint density at radius 3 is 2.14 bits per heavy atom. The zero-order valence-corrected chi connectivity index (χ0v) is 36.4. The van der Waals surface area contributed by atoms with Gasteiger partial charge in [-0.15, -0.1) is 0 Å². The summed E-state index contributed by atoms with van der Waals surface area (Å²) in [6.07, 6.45) is 6.01. The maximum Gasteiger partial charge on any atom is 0.260 e. The van der Waals surface area contributed by atoms with E-state index in [1.807, 2.05) is 48.6 Å². The normalized spacial score (nSPS) is 24.0. The zero-order chi connectivity index (χ0) is 44.3. The van der Waals surface area contributed by atoms with Gasteiger partial charge in [-0.1, -0.05) is 88.9 Å². The molecule has 4 amide bonds. The van der Waals surface area contributed by atoms with E-state index < -0.39 is 52.7 Å². The Morgan fingerprint density at radius 2 is 1.46 bits per heavy atom. The number of ether oxygens (including phenoxy) is 3. The predicted octanol–water partition coefficient (Wildman–Crippen LogP) is 9.74. The van der Waals surface area contributed by atoms with Gasteiger partial charge in [0.1, 0.15) is 23.0 Å². The number of benzene rings is 5. The first-order valence-electron chi connectivity index (χ1n) is 20.2. The van der Waals surface area contributed by atoms with Crippen molar-refractivity contribution in [1.29, 1.82) is 0 Å². The van der Waals surface area contributed by atoms with Crippen molar-refractivity contribution < 1.29 is 38.5 Å². The van der Waals surface area contributed by atoms with Crippen molar-refractivity contribution in [3.05, 3.63) is 152 Å². The molecule has 6 unspecified atom stereocenters. The predicted molar refractivity (Wildman–Crippen MR) is 241 cm³/mol. The summed E-state index contributed by atoms with van der Waals surface area (Å²) >= 11 is 19.8. The standard InChI is InChI=1S/C49H40Cl3N3O8/c1-61-32-14-8-28(9-15-32)49-38(46(58)55(48(49)60)53-41-20-10-29(50)23-40(41)52)25-37-34(44(49)35-17-13-31(56)24-39(35)51)18-19-36-43(37)47(59)54(45(36)57)30-11-5-26(6-12-30)4-7-27-22-33(62-2)16-21-42(27)63-3/h4-18,20-24,36-38,43-44,53,56H,19,25H2,1-3H3. The number of carbonyl (C=O) groups is 4. The molecule has 320 valence electrons. The SMILES string of the molecule is COc1ccc(C23C(=O)N(Nc4ccc(Cl)cc4Cl)C(=O)C2CC2C(=CCC4C(=O)N(c5ccc(C=Cc6cc(OC)ccc6OC)cc5)C(=O)C42)C3c2ccc(O)cc2Cl)cc1. The van der Waals surface area contributed by atoms with Gasteiger partial charge < -0.3 is 19.3 Å². The fourth-order valence-electron chi connectivity index (χ4n) is 10.1. The average Bonchev–Trinajstić information content (AvgIpc) is 3.67. The molecule has 0 bridgehead atoms. The van der Waals surface area contributed by atoms with Gasteiger partial charge in [0.05, 0.1) is 60.9 Å². The molecule has 2 aliphatic carbocycles. The van der Waals surface area contributed by atoms with E-state index in [9.17, 15) is 14.7 Å². The number of allylic oxidation sites excluding steroid dienone is 2. The molecule has 2 aliphatic heterocycles. The molecule has 1 saturated carbocycles. The molecule has 0 spiro atoms. The van der Waals surface area contributed by atoms with Crippen molar-refractivity contribution in [2.24, 2.45) is 23.7 Å². The number of hydrogen-bond donors (Lipinski definition) is 2. The summed E-state index contributed by atoms with van der Waals surface area (Å²) in [5.74, 6) is -4.24. The van der Waals surface area contributed by atoms with Crippen LogP contribution < -0.4 is 24.5 Å². The number of imide groups is 2. The molecular formula is C49H40Cl3N3O8. The van der Waals surface area contributed by atoms with Gasteiger partial charge in [0.2, 0.25) is 11.8 Å².